The molecular weight excluding hydrogens is 276 g/mol. The molecule has 0 spiro atoms. The molecule has 0 bridgehead atoms. The van der Waals surface area contributed by atoms with Crippen LogP contribution in [0.1, 0.15) is 5.56 Å². The summed E-state index contributed by atoms with van der Waals surface area (Å²) in [6, 6.07) is 6.44. The lowest BCUT2D eigenvalue weighted by molar-refractivity contribution is -0.136. The smallest absolute Gasteiger partial charge is 0.322 e. The van der Waals surface area contributed by atoms with Crippen LogP contribution in [0.5, 0.6) is 0 Å². The maximum Gasteiger partial charge on any atom is 0.322 e. The molecule has 2 rings (SSSR count). The summed E-state index contributed by atoms with van der Waals surface area (Å²) in [5, 5.41) is 20.6. The number of hydrogen-bond donors (Lipinski definition) is 3. The average molecular weight is 294 g/mol. The summed E-state index contributed by atoms with van der Waals surface area (Å²) in [6.45, 7) is 1.05. The van der Waals surface area contributed by atoms with Gasteiger partial charge in [0.05, 0.1) is 32.3 Å². The van der Waals surface area contributed by atoms with Crippen molar-refractivity contribution in [3.05, 3.63) is 29.8 Å². The molecule has 3 N–H and O–H groups in total. The lowest BCUT2D eigenvalue weighted by Crippen LogP contribution is -2.48. The first kappa shape index (κ1) is 15.3. The molecule has 21 heavy (non-hydrogen) atoms. The highest BCUT2D eigenvalue weighted by atomic mass is 16.5. The van der Waals surface area contributed by atoms with Crippen molar-refractivity contribution < 1.29 is 24.5 Å². The van der Waals surface area contributed by atoms with E-state index < -0.39 is 5.97 Å². The molecule has 7 nitrogen and oxygen atoms in total. The van der Waals surface area contributed by atoms with Gasteiger partial charge in [0.25, 0.3) is 0 Å². The minimum absolute atomic E-state index is 0.0894. The first-order valence-corrected chi connectivity index (χ1v) is 6.67. The van der Waals surface area contributed by atoms with Crippen molar-refractivity contribution >= 4 is 17.7 Å². The third-order valence-corrected chi connectivity index (χ3v) is 3.16. The van der Waals surface area contributed by atoms with Gasteiger partial charge in [0.1, 0.15) is 0 Å². The number of carboxylic acids is 1. The van der Waals surface area contributed by atoms with Crippen LogP contribution in [-0.4, -0.2) is 59.5 Å². The second-order valence-electron chi connectivity index (χ2n) is 4.82. The Labute approximate surface area is 122 Å². The van der Waals surface area contributed by atoms with Gasteiger partial charge in [-0.15, -0.1) is 0 Å². The number of hydrogen-bond acceptors (Lipinski definition) is 4. The molecule has 0 saturated carbocycles. The van der Waals surface area contributed by atoms with Crippen LogP contribution in [0.25, 0.3) is 0 Å². The summed E-state index contributed by atoms with van der Waals surface area (Å²) in [6.07, 6.45) is -0.448. The van der Waals surface area contributed by atoms with Crippen LogP contribution in [0.15, 0.2) is 24.3 Å². The number of amides is 2. The number of nitrogens with zero attached hydrogens (tertiary/aromatic N) is 1. The van der Waals surface area contributed by atoms with Gasteiger partial charge >= 0.3 is 12.0 Å². The number of nitrogens with one attached hydrogen (secondary N) is 1. The predicted molar refractivity (Wildman–Crippen MR) is 75.2 cm³/mol. The monoisotopic (exact) mass is 294 g/mol. The minimum Gasteiger partial charge on any atom is -0.481 e. The van der Waals surface area contributed by atoms with Crippen LogP contribution >= 0.6 is 0 Å². The lowest BCUT2D eigenvalue weighted by atomic mass is 10.1. The van der Waals surface area contributed by atoms with E-state index in [9.17, 15) is 9.59 Å². The fourth-order valence-electron chi connectivity index (χ4n) is 2.15. The number of anilines is 1. The Morgan fingerprint density at radius 1 is 1.43 bits per heavy atom. The van der Waals surface area contributed by atoms with E-state index in [-0.39, 0.29) is 25.2 Å². The molecular formula is C14H18N2O5. The third kappa shape index (κ3) is 4.44. The van der Waals surface area contributed by atoms with Gasteiger partial charge in [0.2, 0.25) is 0 Å². The zero-order valence-electron chi connectivity index (χ0n) is 11.5. The minimum atomic E-state index is -0.919. The van der Waals surface area contributed by atoms with E-state index in [4.69, 9.17) is 14.9 Å². The molecule has 2 amide bonds. The lowest BCUT2D eigenvalue weighted by Gasteiger charge is -2.32. The van der Waals surface area contributed by atoms with E-state index in [1.165, 1.54) is 0 Å². The topological polar surface area (TPSA) is 99.1 Å². The van der Waals surface area contributed by atoms with Crippen LogP contribution in [0.3, 0.4) is 0 Å². The van der Waals surface area contributed by atoms with Gasteiger partial charge < -0.3 is 25.2 Å². The number of benzene rings is 1. The van der Waals surface area contributed by atoms with Gasteiger partial charge in [-0.1, -0.05) is 12.1 Å². The average Bonchev–Trinajstić information content (AvgIpc) is 2.47. The van der Waals surface area contributed by atoms with Crippen molar-refractivity contribution in [3.8, 4) is 0 Å². The zero-order chi connectivity index (χ0) is 15.2. The maximum atomic E-state index is 12.1. The van der Waals surface area contributed by atoms with E-state index in [1.807, 2.05) is 0 Å². The predicted octanol–water partition coefficient (Wildman–Crippen LogP) is 0.539. The Bertz CT molecular complexity index is 520. The number of aliphatic carboxylic acids is 1. The number of aliphatic hydroxyl groups is 1. The molecule has 1 aliphatic rings. The molecule has 7 heteroatoms. The fraction of sp³-hybridized carbons (Fsp3) is 0.429. The number of morpholine rings is 1. The highest BCUT2D eigenvalue weighted by Crippen LogP contribution is 2.13. The first-order chi connectivity index (χ1) is 10.1. The Morgan fingerprint density at radius 3 is 2.95 bits per heavy atom. The van der Waals surface area contributed by atoms with E-state index >= 15 is 0 Å². The summed E-state index contributed by atoms with van der Waals surface area (Å²) < 4.78 is 5.28. The highest BCUT2D eigenvalue weighted by molar-refractivity contribution is 5.89. The van der Waals surface area contributed by atoms with Crippen molar-refractivity contribution in [1.29, 1.82) is 0 Å². The Balaban J connectivity index is 1.97. The van der Waals surface area contributed by atoms with Gasteiger partial charge in [-0.25, -0.2) is 4.79 Å². The number of ether oxygens (including phenoxy) is 1. The summed E-state index contributed by atoms with van der Waals surface area (Å²) in [7, 11) is 0. The highest BCUT2D eigenvalue weighted by Gasteiger charge is 2.23. The quantitative estimate of drug-likeness (QED) is 0.752. The van der Waals surface area contributed by atoms with E-state index in [0.717, 1.165) is 0 Å². The largest absolute Gasteiger partial charge is 0.481 e. The Kier molecular flexibility index (Phi) is 5.13. The van der Waals surface area contributed by atoms with Crippen LogP contribution < -0.4 is 5.32 Å². The summed E-state index contributed by atoms with van der Waals surface area (Å²) in [5.74, 6) is -0.919. The van der Waals surface area contributed by atoms with Gasteiger partial charge in [-0.3, -0.25) is 4.79 Å². The van der Waals surface area contributed by atoms with Crippen molar-refractivity contribution in [2.45, 2.75) is 12.5 Å². The Morgan fingerprint density at radius 2 is 2.24 bits per heavy atom. The van der Waals surface area contributed by atoms with Crippen LogP contribution in [0.2, 0.25) is 0 Å². The third-order valence-electron chi connectivity index (χ3n) is 3.16. The molecule has 114 valence electrons. The maximum absolute atomic E-state index is 12.1. The molecule has 1 atom stereocenters. The van der Waals surface area contributed by atoms with Crippen molar-refractivity contribution in [2.75, 3.05) is 31.6 Å². The van der Waals surface area contributed by atoms with Crippen LogP contribution in [0.4, 0.5) is 10.5 Å². The van der Waals surface area contributed by atoms with Gasteiger partial charge in [0, 0.05) is 12.2 Å². The second kappa shape index (κ2) is 7.05. The van der Waals surface area contributed by atoms with Gasteiger partial charge in [0.15, 0.2) is 0 Å². The molecule has 0 radical (unpaired) electrons. The molecule has 1 heterocycles. The molecule has 1 aromatic carbocycles. The molecule has 1 unspecified atom stereocenters. The Hall–Kier alpha value is -2.12. The number of carbonyl (C=O) groups excluding carboxylic acids is 1. The zero-order valence-corrected chi connectivity index (χ0v) is 11.5. The van der Waals surface area contributed by atoms with Crippen molar-refractivity contribution in [3.63, 3.8) is 0 Å². The molecule has 0 aliphatic carbocycles. The molecule has 1 saturated heterocycles. The number of rotatable bonds is 4. The number of urea groups is 1. The van der Waals surface area contributed by atoms with Crippen molar-refractivity contribution in [2.24, 2.45) is 0 Å². The van der Waals surface area contributed by atoms with E-state index in [0.29, 0.717) is 30.9 Å². The number of carboxylic acid groups (broad SMARTS) is 1. The summed E-state index contributed by atoms with van der Waals surface area (Å²) in [5.41, 5.74) is 1.17. The SMILES string of the molecule is O=C(O)Cc1cccc(NC(=O)N2CCOC(CO)C2)c1. The fourth-order valence-corrected chi connectivity index (χ4v) is 2.15. The standard InChI is InChI=1S/C14H18N2O5/c17-9-12-8-16(4-5-21-12)14(20)15-11-3-1-2-10(6-11)7-13(18)19/h1-3,6,12,17H,4-5,7-9H2,(H,15,20)(H,18,19). The van der Waals surface area contributed by atoms with E-state index in [1.54, 1.807) is 29.2 Å². The second-order valence-corrected chi connectivity index (χ2v) is 4.82. The number of carbonyl (C=O) groups is 2. The van der Waals surface area contributed by atoms with Gasteiger partial charge in [-0.2, -0.15) is 0 Å². The summed E-state index contributed by atoms with van der Waals surface area (Å²) in [4.78, 5) is 24.4. The number of aliphatic hydroxyl groups excluding tert-OH is 1. The van der Waals surface area contributed by atoms with Gasteiger partial charge in [-0.05, 0) is 17.7 Å². The molecule has 0 aromatic heterocycles. The molecule has 1 aromatic rings. The molecule has 1 fully saturated rings. The van der Waals surface area contributed by atoms with Crippen LogP contribution in [0, 0.1) is 0 Å². The van der Waals surface area contributed by atoms with E-state index in [2.05, 4.69) is 5.32 Å². The first-order valence-electron chi connectivity index (χ1n) is 6.67. The molecule has 1 aliphatic heterocycles. The summed E-state index contributed by atoms with van der Waals surface area (Å²) >= 11 is 0. The van der Waals surface area contributed by atoms with Crippen molar-refractivity contribution in [1.82, 2.24) is 4.90 Å². The van der Waals surface area contributed by atoms with Crippen LogP contribution in [-0.2, 0) is 16.0 Å². The normalized spacial score (nSPS) is 18.3.